The highest BCUT2D eigenvalue weighted by atomic mass is 32.1. The van der Waals surface area contributed by atoms with Gasteiger partial charge in [-0.15, -0.1) is 11.3 Å². The smallest absolute Gasteiger partial charge is 0.303 e. The number of likely N-dealkylation sites (tertiary alicyclic amines) is 1. The quantitative estimate of drug-likeness (QED) is 0.849. The summed E-state index contributed by atoms with van der Waals surface area (Å²) >= 11 is 1.60. The summed E-state index contributed by atoms with van der Waals surface area (Å²) in [5, 5.41) is 10.7. The van der Waals surface area contributed by atoms with Gasteiger partial charge in [-0.2, -0.15) is 0 Å². The van der Waals surface area contributed by atoms with E-state index in [2.05, 4.69) is 0 Å². The number of carboxylic acid groups (broad SMARTS) is 1. The fourth-order valence-electron chi connectivity index (χ4n) is 2.47. The zero-order valence-electron chi connectivity index (χ0n) is 11.3. The van der Waals surface area contributed by atoms with E-state index in [1.807, 2.05) is 28.5 Å². The van der Waals surface area contributed by atoms with Gasteiger partial charge in [-0.3, -0.25) is 9.59 Å². The lowest BCUT2D eigenvalue weighted by Gasteiger charge is -2.31. The molecular weight excluding hydrogens is 274 g/mol. The molecule has 1 fully saturated rings. The second-order valence-electron chi connectivity index (χ2n) is 5.07. The van der Waals surface area contributed by atoms with Crippen LogP contribution < -0.4 is 0 Å². The van der Waals surface area contributed by atoms with Gasteiger partial charge in [0.25, 0.3) is 0 Å². The number of thiophene rings is 1. The predicted octanol–water partition coefficient (Wildman–Crippen LogP) is 2.86. The number of hydrogen-bond acceptors (Lipinski definition) is 3. The zero-order valence-corrected chi connectivity index (χ0v) is 12.1. The third-order valence-corrected chi connectivity index (χ3v) is 4.37. The highest BCUT2D eigenvalue weighted by Crippen LogP contribution is 2.21. The summed E-state index contributed by atoms with van der Waals surface area (Å²) < 4.78 is 0. The SMILES string of the molecule is O=C(O)CC[C@H]1CCCN(C(=O)/C=C\c2cccs2)C1. The van der Waals surface area contributed by atoms with Gasteiger partial charge in [0.15, 0.2) is 0 Å². The number of aliphatic carboxylic acids is 1. The van der Waals surface area contributed by atoms with E-state index < -0.39 is 5.97 Å². The lowest BCUT2D eigenvalue weighted by atomic mass is 9.93. The molecular formula is C15H19NO3S. The van der Waals surface area contributed by atoms with E-state index in [1.165, 1.54) is 0 Å². The first-order chi connectivity index (χ1) is 9.65. The number of rotatable bonds is 5. The number of nitrogens with zero attached hydrogens (tertiary/aromatic N) is 1. The van der Waals surface area contributed by atoms with Crippen molar-refractivity contribution in [1.82, 2.24) is 4.90 Å². The van der Waals surface area contributed by atoms with Crippen molar-refractivity contribution < 1.29 is 14.7 Å². The van der Waals surface area contributed by atoms with E-state index in [1.54, 1.807) is 17.4 Å². The van der Waals surface area contributed by atoms with Crippen LogP contribution in [0.3, 0.4) is 0 Å². The Labute approximate surface area is 122 Å². The molecule has 4 nitrogen and oxygen atoms in total. The summed E-state index contributed by atoms with van der Waals surface area (Å²) in [6, 6.07) is 3.93. The van der Waals surface area contributed by atoms with E-state index in [-0.39, 0.29) is 12.3 Å². The summed E-state index contributed by atoms with van der Waals surface area (Å²) in [5.74, 6) is -0.414. The molecule has 1 aromatic heterocycles. The molecule has 1 amide bonds. The fourth-order valence-corrected chi connectivity index (χ4v) is 3.09. The average molecular weight is 293 g/mol. The van der Waals surface area contributed by atoms with Crippen LogP contribution in [0.1, 0.15) is 30.6 Å². The minimum absolute atomic E-state index is 0.0263. The Morgan fingerprint density at radius 3 is 3.05 bits per heavy atom. The van der Waals surface area contributed by atoms with Crippen LogP contribution in [0.4, 0.5) is 0 Å². The average Bonchev–Trinajstić information content (AvgIpc) is 2.96. The van der Waals surface area contributed by atoms with Crippen LogP contribution in [-0.4, -0.2) is 35.0 Å². The first kappa shape index (κ1) is 14.8. The van der Waals surface area contributed by atoms with Gasteiger partial charge in [0, 0.05) is 30.5 Å². The summed E-state index contributed by atoms with van der Waals surface area (Å²) in [5.41, 5.74) is 0. The van der Waals surface area contributed by atoms with Crippen molar-refractivity contribution in [1.29, 1.82) is 0 Å². The van der Waals surface area contributed by atoms with Gasteiger partial charge in [0.05, 0.1) is 0 Å². The van der Waals surface area contributed by atoms with Crippen molar-refractivity contribution in [2.75, 3.05) is 13.1 Å². The third kappa shape index (κ3) is 4.49. The molecule has 1 saturated heterocycles. The summed E-state index contributed by atoms with van der Waals surface area (Å²) in [6.45, 7) is 1.46. The Bertz CT molecular complexity index is 481. The van der Waals surface area contributed by atoms with Crippen LogP contribution in [0, 0.1) is 5.92 Å². The predicted molar refractivity (Wildman–Crippen MR) is 79.5 cm³/mol. The van der Waals surface area contributed by atoms with Gasteiger partial charge in [-0.05, 0) is 42.7 Å². The van der Waals surface area contributed by atoms with Crippen molar-refractivity contribution in [3.63, 3.8) is 0 Å². The fraction of sp³-hybridized carbons (Fsp3) is 0.467. The number of carbonyl (C=O) groups excluding carboxylic acids is 1. The minimum atomic E-state index is -0.758. The molecule has 1 aliphatic rings. The molecule has 5 heteroatoms. The Morgan fingerprint density at radius 1 is 1.50 bits per heavy atom. The first-order valence-electron chi connectivity index (χ1n) is 6.87. The van der Waals surface area contributed by atoms with Crippen LogP contribution in [0.15, 0.2) is 23.6 Å². The first-order valence-corrected chi connectivity index (χ1v) is 7.75. The van der Waals surface area contributed by atoms with E-state index in [9.17, 15) is 9.59 Å². The highest BCUT2D eigenvalue weighted by molar-refractivity contribution is 7.10. The van der Waals surface area contributed by atoms with Gasteiger partial charge < -0.3 is 10.0 Å². The van der Waals surface area contributed by atoms with E-state index in [0.29, 0.717) is 18.9 Å². The van der Waals surface area contributed by atoms with Crippen LogP contribution in [0.2, 0.25) is 0 Å². The van der Waals surface area contributed by atoms with E-state index in [4.69, 9.17) is 5.11 Å². The molecule has 1 N–H and O–H groups in total. The van der Waals surface area contributed by atoms with Gasteiger partial charge in [-0.1, -0.05) is 6.07 Å². The number of carboxylic acids is 1. The number of hydrogen-bond donors (Lipinski definition) is 1. The van der Waals surface area contributed by atoms with E-state index >= 15 is 0 Å². The standard InChI is InChI=1S/C15H19NO3S/c17-14(7-6-13-4-2-10-20-13)16-9-1-3-12(11-16)5-8-15(18)19/h2,4,6-7,10,12H,1,3,5,8-9,11H2,(H,18,19)/b7-6-/t12-/m1/s1. The summed E-state index contributed by atoms with van der Waals surface area (Å²) in [7, 11) is 0. The second kappa shape index (κ2) is 7.24. The molecule has 0 aliphatic carbocycles. The van der Waals surface area contributed by atoms with Crippen molar-refractivity contribution in [3.05, 3.63) is 28.5 Å². The molecule has 0 aromatic carbocycles. The van der Waals surface area contributed by atoms with Crippen molar-refractivity contribution in [3.8, 4) is 0 Å². The monoisotopic (exact) mass is 293 g/mol. The normalized spacial score (nSPS) is 19.4. The van der Waals surface area contributed by atoms with Gasteiger partial charge in [0.1, 0.15) is 0 Å². The van der Waals surface area contributed by atoms with Gasteiger partial charge in [0.2, 0.25) is 5.91 Å². The Hall–Kier alpha value is -1.62. The molecule has 0 bridgehead atoms. The van der Waals surface area contributed by atoms with Crippen LogP contribution in [-0.2, 0) is 9.59 Å². The summed E-state index contributed by atoms with van der Waals surface area (Å²) in [4.78, 5) is 25.6. The zero-order chi connectivity index (χ0) is 14.4. The third-order valence-electron chi connectivity index (χ3n) is 3.53. The molecule has 0 radical (unpaired) electrons. The molecule has 0 unspecified atom stereocenters. The number of carbonyl (C=O) groups is 2. The molecule has 2 rings (SSSR count). The maximum atomic E-state index is 12.1. The minimum Gasteiger partial charge on any atom is -0.481 e. The van der Waals surface area contributed by atoms with Gasteiger partial charge >= 0.3 is 5.97 Å². The largest absolute Gasteiger partial charge is 0.481 e. The Balaban J connectivity index is 1.85. The Morgan fingerprint density at radius 2 is 2.35 bits per heavy atom. The van der Waals surface area contributed by atoms with Crippen molar-refractivity contribution in [2.45, 2.75) is 25.7 Å². The Kier molecular flexibility index (Phi) is 5.35. The topological polar surface area (TPSA) is 57.6 Å². The van der Waals surface area contributed by atoms with Crippen LogP contribution >= 0.6 is 11.3 Å². The van der Waals surface area contributed by atoms with Crippen LogP contribution in [0.25, 0.3) is 6.08 Å². The molecule has 0 saturated carbocycles. The second-order valence-corrected chi connectivity index (χ2v) is 6.05. The number of piperidine rings is 1. The lowest BCUT2D eigenvalue weighted by Crippen LogP contribution is -2.39. The van der Waals surface area contributed by atoms with Crippen LogP contribution in [0.5, 0.6) is 0 Å². The van der Waals surface area contributed by atoms with E-state index in [0.717, 1.165) is 24.3 Å². The van der Waals surface area contributed by atoms with Crippen molar-refractivity contribution in [2.24, 2.45) is 5.92 Å². The lowest BCUT2D eigenvalue weighted by molar-refractivity contribution is -0.137. The molecule has 2 heterocycles. The molecule has 1 aliphatic heterocycles. The molecule has 20 heavy (non-hydrogen) atoms. The highest BCUT2D eigenvalue weighted by Gasteiger charge is 2.22. The summed E-state index contributed by atoms with van der Waals surface area (Å²) in [6.07, 6.45) is 6.29. The molecule has 108 valence electrons. The van der Waals surface area contributed by atoms with Gasteiger partial charge in [-0.25, -0.2) is 0 Å². The maximum absolute atomic E-state index is 12.1. The van der Waals surface area contributed by atoms with Crippen molar-refractivity contribution >= 4 is 29.3 Å². The number of amides is 1. The molecule has 1 atom stereocenters. The maximum Gasteiger partial charge on any atom is 0.303 e. The molecule has 1 aromatic rings. The molecule has 0 spiro atoms.